The van der Waals surface area contributed by atoms with Gasteiger partial charge < -0.3 is 9.31 Å². The average molecular weight is 247 g/mol. The van der Waals surface area contributed by atoms with Gasteiger partial charge in [-0.3, -0.25) is 4.98 Å². The Morgan fingerprint density at radius 3 is 1.94 bits per heavy atom. The Hall–Kier alpha value is -0.865. The Morgan fingerprint density at radius 2 is 1.50 bits per heavy atom. The molecule has 0 spiro atoms. The van der Waals surface area contributed by atoms with E-state index in [4.69, 9.17) is 9.31 Å². The van der Waals surface area contributed by atoms with E-state index in [1.165, 1.54) is 11.1 Å². The fraction of sp³-hybridized carbons (Fsp3) is 0.643. The van der Waals surface area contributed by atoms with E-state index in [0.717, 1.165) is 11.3 Å². The molecule has 1 fully saturated rings. The first-order chi connectivity index (χ1) is 8.14. The minimum Gasteiger partial charge on any atom is -0.398 e. The lowest BCUT2D eigenvalue weighted by Gasteiger charge is -2.32. The molecule has 0 saturated carbocycles. The van der Waals surface area contributed by atoms with Gasteiger partial charge in [0, 0.05) is 5.69 Å². The third kappa shape index (κ3) is 2.08. The van der Waals surface area contributed by atoms with E-state index >= 15 is 0 Å². The molecule has 0 radical (unpaired) electrons. The predicted molar refractivity (Wildman–Crippen MR) is 74.2 cm³/mol. The van der Waals surface area contributed by atoms with Gasteiger partial charge in [-0.15, -0.1) is 0 Å². The van der Waals surface area contributed by atoms with Crippen LogP contribution in [-0.4, -0.2) is 23.3 Å². The number of hydrogen-bond donors (Lipinski definition) is 0. The maximum atomic E-state index is 6.02. The number of nitrogens with zero attached hydrogens (tertiary/aromatic N) is 1. The van der Waals surface area contributed by atoms with Gasteiger partial charge in [0.25, 0.3) is 0 Å². The van der Waals surface area contributed by atoms with Crippen molar-refractivity contribution >= 4 is 12.7 Å². The van der Waals surface area contributed by atoms with Crippen LogP contribution >= 0.6 is 0 Å². The molecule has 1 aromatic heterocycles. The van der Waals surface area contributed by atoms with E-state index in [0.29, 0.717) is 0 Å². The van der Waals surface area contributed by atoms with Crippen molar-refractivity contribution in [3.8, 4) is 0 Å². The number of rotatable bonds is 1. The van der Waals surface area contributed by atoms with Gasteiger partial charge in [0.1, 0.15) is 0 Å². The highest BCUT2D eigenvalue weighted by molar-refractivity contribution is 6.61. The fourth-order valence-corrected chi connectivity index (χ4v) is 2.01. The number of pyridine rings is 1. The minimum atomic E-state index is -0.368. The van der Waals surface area contributed by atoms with Crippen molar-refractivity contribution in [3.05, 3.63) is 22.9 Å². The lowest BCUT2D eigenvalue weighted by Crippen LogP contribution is -2.41. The van der Waals surface area contributed by atoms with E-state index < -0.39 is 0 Å². The highest BCUT2D eigenvalue weighted by Crippen LogP contribution is 2.36. The van der Waals surface area contributed by atoms with Crippen LogP contribution < -0.4 is 5.59 Å². The van der Waals surface area contributed by atoms with Crippen LogP contribution in [0.1, 0.15) is 44.5 Å². The fourth-order valence-electron chi connectivity index (χ4n) is 2.01. The van der Waals surface area contributed by atoms with Crippen LogP contribution in [0.15, 0.2) is 6.07 Å². The minimum absolute atomic E-state index is 0.313. The highest BCUT2D eigenvalue weighted by atomic mass is 16.7. The Labute approximate surface area is 110 Å². The first-order valence-corrected chi connectivity index (χ1v) is 6.44. The van der Waals surface area contributed by atoms with Crippen LogP contribution in [0.5, 0.6) is 0 Å². The van der Waals surface area contributed by atoms with Gasteiger partial charge >= 0.3 is 7.12 Å². The molecule has 0 unspecified atom stereocenters. The van der Waals surface area contributed by atoms with E-state index in [1.54, 1.807) is 0 Å². The van der Waals surface area contributed by atoms with Gasteiger partial charge in [-0.25, -0.2) is 0 Å². The van der Waals surface area contributed by atoms with Gasteiger partial charge in [-0.1, -0.05) is 0 Å². The standard InChI is InChI=1S/C14H22BNO2/c1-9-8-12(16-11(3)10(9)2)15-17-13(4,5)14(6,7)18-15/h8H,1-7H3. The molecule has 0 N–H and O–H groups in total. The summed E-state index contributed by atoms with van der Waals surface area (Å²) in [5.41, 5.74) is 3.74. The lowest BCUT2D eigenvalue weighted by molar-refractivity contribution is 0.00578. The van der Waals surface area contributed by atoms with E-state index in [9.17, 15) is 0 Å². The van der Waals surface area contributed by atoms with E-state index in [1.807, 2.05) is 6.92 Å². The largest absolute Gasteiger partial charge is 0.514 e. The quantitative estimate of drug-likeness (QED) is 0.713. The first-order valence-electron chi connectivity index (χ1n) is 6.44. The molecule has 2 heterocycles. The molecular weight excluding hydrogens is 225 g/mol. The third-order valence-corrected chi connectivity index (χ3v) is 4.29. The SMILES string of the molecule is Cc1cc(B2OC(C)(C)C(C)(C)O2)nc(C)c1C. The maximum absolute atomic E-state index is 6.02. The summed E-state index contributed by atoms with van der Waals surface area (Å²) in [6.07, 6.45) is 0. The lowest BCUT2D eigenvalue weighted by atomic mass is 9.82. The second-order valence-corrected chi connectivity index (χ2v) is 6.16. The molecule has 0 bridgehead atoms. The Kier molecular flexibility index (Phi) is 3.07. The van der Waals surface area contributed by atoms with E-state index in [2.05, 4.69) is 52.6 Å². The Balaban J connectivity index is 2.36. The summed E-state index contributed by atoms with van der Waals surface area (Å²) in [6.45, 7) is 14.4. The molecule has 18 heavy (non-hydrogen) atoms. The van der Waals surface area contributed by atoms with Crippen molar-refractivity contribution in [2.45, 2.75) is 59.7 Å². The Bertz CT molecular complexity index is 444. The number of aryl methyl sites for hydroxylation is 2. The average Bonchev–Trinajstić information content (AvgIpc) is 2.44. The van der Waals surface area contributed by atoms with Gasteiger partial charge in [-0.05, 0) is 65.7 Å². The predicted octanol–water partition coefficient (Wildman–Crippen LogP) is 2.31. The second-order valence-electron chi connectivity index (χ2n) is 6.16. The topological polar surface area (TPSA) is 31.4 Å². The summed E-state index contributed by atoms with van der Waals surface area (Å²) in [4.78, 5) is 4.60. The van der Waals surface area contributed by atoms with Crippen molar-refractivity contribution < 1.29 is 9.31 Å². The molecule has 1 aliphatic heterocycles. The van der Waals surface area contributed by atoms with Crippen LogP contribution in [0.4, 0.5) is 0 Å². The molecule has 1 aliphatic rings. The summed E-state index contributed by atoms with van der Waals surface area (Å²) in [7, 11) is -0.368. The van der Waals surface area contributed by atoms with Gasteiger partial charge in [0.2, 0.25) is 0 Å². The molecule has 0 amide bonds. The smallest absolute Gasteiger partial charge is 0.398 e. The van der Waals surface area contributed by atoms with Crippen molar-refractivity contribution in [2.24, 2.45) is 0 Å². The zero-order chi connectivity index (χ0) is 13.7. The van der Waals surface area contributed by atoms with Gasteiger partial charge in [0.05, 0.1) is 16.8 Å². The maximum Gasteiger partial charge on any atom is 0.514 e. The number of hydrogen-bond acceptors (Lipinski definition) is 3. The molecule has 0 aliphatic carbocycles. The molecule has 0 aromatic carbocycles. The van der Waals surface area contributed by atoms with Crippen molar-refractivity contribution in [2.75, 3.05) is 0 Å². The van der Waals surface area contributed by atoms with Crippen LogP contribution in [0.3, 0.4) is 0 Å². The summed E-state index contributed by atoms with van der Waals surface area (Å²) < 4.78 is 12.0. The zero-order valence-electron chi connectivity index (χ0n) is 12.4. The first kappa shape index (κ1) is 13.6. The molecule has 1 aromatic rings. The highest BCUT2D eigenvalue weighted by Gasteiger charge is 2.52. The molecule has 0 atom stereocenters. The normalized spacial score (nSPS) is 21.4. The van der Waals surface area contributed by atoms with Gasteiger partial charge in [0.15, 0.2) is 0 Å². The monoisotopic (exact) mass is 247 g/mol. The molecule has 1 saturated heterocycles. The van der Waals surface area contributed by atoms with Crippen LogP contribution in [0.2, 0.25) is 0 Å². The molecule has 2 rings (SSSR count). The summed E-state index contributed by atoms with van der Waals surface area (Å²) >= 11 is 0. The summed E-state index contributed by atoms with van der Waals surface area (Å²) in [5, 5.41) is 0. The number of aromatic nitrogens is 1. The third-order valence-electron chi connectivity index (χ3n) is 4.29. The van der Waals surface area contributed by atoms with Crippen molar-refractivity contribution in [1.82, 2.24) is 4.98 Å². The molecule has 4 heteroatoms. The van der Waals surface area contributed by atoms with E-state index in [-0.39, 0.29) is 18.3 Å². The molecule has 3 nitrogen and oxygen atoms in total. The van der Waals surface area contributed by atoms with Crippen molar-refractivity contribution in [3.63, 3.8) is 0 Å². The zero-order valence-corrected chi connectivity index (χ0v) is 12.4. The molecular formula is C14H22BNO2. The van der Waals surface area contributed by atoms with Crippen LogP contribution in [0.25, 0.3) is 0 Å². The van der Waals surface area contributed by atoms with Crippen molar-refractivity contribution in [1.29, 1.82) is 0 Å². The van der Waals surface area contributed by atoms with Gasteiger partial charge in [-0.2, -0.15) is 0 Å². The molecule has 98 valence electrons. The summed E-state index contributed by atoms with van der Waals surface area (Å²) in [6, 6.07) is 2.06. The Morgan fingerprint density at radius 1 is 1.00 bits per heavy atom. The van der Waals surface area contributed by atoms with Crippen LogP contribution in [0, 0.1) is 20.8 Å². The second kappa shape index (κ2) is 4.07. The summed E-state index contributed by atoms with van der Waals surface area (Å²) in [5.74, 6) is 0. The van der Waals surface area contributed by atoms with Crippen LogP contribution in [-0.2, 0) is 9.31 Å².